The maximum atomic E-state index is 9.80. The van der Waals surface area contributed by atoms with Crippen LogP contribution in [-0.2, 0) is 6.54 Å². The summed E-state index contributed by atoms with van der Waals surface area (Å²) in [4.78, 5) is 0. The first-order valence-electron chi connectivity index (χ1n) is 8.58. The molecule has 0 saturated carbocycles. The van der Waals surface area contributed by atoms with Crippen LogP contribution >= 0.6 is 12.4 Å². The molecule has 1 fully saturated rings. The van der Waals surface area contributed by atoms with E-state index in [1.54, 1.807) is 0 Å². The maximum absolute atomic E-state index is 9.80. The van der Waals surface area contributed by atoms with Crippen molar-refractivity contribution < 1.29 is 14.6 Å². The van der Waals surface area contributed by atoms with E-state index < -0.39 is 0 Å². The minimum atomic E-state index is -0.242. The Hall–Kier alpha value is -1.01. The van der Waals surface area contributed by atoms with Crippen LogP contribution in [0.2, 0.25) is 0 Å². The van der Waals surface area contributed by atoms with Gasteiger partial charge in [0.15, 0.2) is 11.5 Å². The number of rotatable bonds is 9. The van der Waals surface area contributed by atoms with Crippen LogP contribution in [0.5, 0.6) is 11.5 Å². The van der Waals surface area contributed by atoms with E-state index >= 15 is 0 Å². The van der Waals surface area contributed by atoms with Crippen molar-refractivity contribution in [3.05, 3.63) is 23.8 Å². The van der Waals surface area contributed by atoms with Crippen LogP contribution in [0.3, 0.4) is 0 Å². The average Bonchev–Trinajstić information content (AvgIpc) is 2.92. The third-order valence-corrected chi connectivity index (χ3v) is 3.92. The molecule has 2 unspecified atom stereocenters. The topological polar surface area (TPSA) is 62.8 Å². The fourth-order valence-electron chi connectivity index (χ4n) is 2.64. The number of aliphatic hydroxyl groups is 1. The predicted molar refractivity (Wildman–Crippen MR) is 99.3 cm³/mol. The zero-order valence-corrected chi connectivity index (χ0v) is 15.7. The Morgan fingerprint density at radius 1 is 1.25 bits per heavy atom. The highest BCUT2D eigenvalue weighted by Crippen LogP contribution is 2.29. The van der Waals surface area contributed by atoms with Crippen molar-refractivity contribution in [2.75, 3.05) is 32.8 Å². The molecule has 0 bridgehead atoms. The van der Waals surface area contributed by atoms with Crippen molar-refractivity contribution in [2.24, 2.45) is 11.8 Å². The molecule has 5 nitrogen and oxygen atoms in total. The Balaban J connectivity index is 0.00000288. The number of β-amino-alcohol motifs (C(OH)–C–C–N with tert-alkyl or cyclic N) is 1. The van der Waals surface area contributed by atoms with Gasteiger partial charge in [0.05, 0.1) is 19.3 Å². The fraction of sp³-hybridized carbons (Fsp3) is 0.667. The first-order chi connectivity index (χ1) is 11.1. The molecule has 0 radical (unpaired) electrons. The summed E-state index contributed by atoms with van der Waals surface area (Å²) in [6.45, 7) is 10.7. The van der Waals surface area contributed by atoms with E-state index in [2.05, 4.69) is 30.5 Å². The highest BCUT2D eigenvalue weighted by Gasteiger charge is 2.24. The van der Waals surface area contributed by atoms with Gasteiger partial charge in [-0.25, -0.2) is 0 Å². The van der Waals surface area contributed by atoms with Crippen LogP contribution in [0.25, 0.3) is 0 Å². The summed E-state index contributed by atoms with van der Waals surface area (Å²) in [6.07, 6.45) is -0.242. The molecule has 0 amide bonds. The van der Waals surface area contributed by atoms with Crippen LogP contribution < -0.4 is 20.1 Å². The summed E-state index contributed by atoms with van der Waals surface area (Å²) in [5.41, 5.74) is 1.16. The molecule has 1 heterocycles. The van der Waals surface area contributed by atoms with Crippen molar-refractivity contribution in [1.29, 1.82) is 0 Å². The van der Waals surface area contributed by atoms with E-state index in [4.69, 9.17) is 9.47 Å². The van der Waals surface area contributed by atoms with Gasteiger partial charge in [-0.3, -0.25) is 0 Å². The van der Waals surface area contributed by atoms with Crippen molar-refractivity contribution >= 4 is 12.4 Å². The quantitative estimate of drug-likeness (QED) is 0.631. The van der Waals surface area contributed by atoms with Gasteiger partial charge in [-0.1, -0.05) is 19.9 Å². The SMILES string of the molecule is CCOc1cc(CNCC2CNCC2O)ccc1OCC(C)C.Cl. The Kier molecular flexibility index (Phi) is 9.44. The lowest BCUT2D eigenvalue weighted by atomic mass is 10.1. The molecule has 1 saturated heterocycles. The number of nitrogens with one attached hydrogen (secondary N) is 2. The molecular weight excluding hydrogens is 328 g/mol. The van der Waals surface area contributed by atoms with Gasteiger partial charge in [0, 0.05) is 32.1 Å². The smallest absolute Gasteiger partial charge is 0.161 e. The number of aliphatic hydroxyl groups excluding tert-OH is 1. The zero-order chi connectivity index (χ0) is 16.7. The summed E-state index contributed by atoms with van der Waals surface area (Å²) in [5.74, 6) is 2.38. The van der Waals surface area contributed by atoms with E-state index in [1.165, 1.54) is 0 Å². The van der Waals surface area contributed by atoms with Gasteiger partial charge in [0.25, 0.3) is 0 Å². The first kappa shape index (κ1) is 21.0. The number of hydrogen-bond donors (Lipinski definition) is 3. The average molecular weight is 359 g/mol. The van der Waals surface area contributed by atoms with Gasteiger partial charge in [0.2, 0.25) is 0 Å². The molecule has 1 aromatic rings. The number of hydrogen-bond acceptors (Lipinski definition) is 5. The molecule has 1 aliphatic heterocycles. The van der Waals surface area contributed by atoms with Gasteiger partial charge in [-0.05, 0) is 30.5 Å². The fourth-order valence-corrected chi connectivity index (χ4v) is 2.64. The summed E-state index contributed by atoms with van der Waals surface area (Å²) in [6, 6.07) is 6.08. The Morgan fingerprint density at radius 3 is 2.67 bits per heavy atom. The highest BCUT2D eigenvalue weighted by atomic mass is 35.5. The van der Waals surface area contributed by atoms with Gasteiger partial charge in [-0.15, -0.1) is 12.4 Å². The van der Waals surface area contributed by atoms with E-state index in [-0.39, 0.29) is 24.4 Å². The summed E-state index contributed by atoms with van der Waals surface area (Å²) in [7, 11) is 0. The molecule has 0 aromatic heterocycles. The second-order valence-electron chi connectivity index (χ2n) is 6.54. The Bertz CT molecular complexity index is 485. The minimum absolute atomic E-state index is 0. The Morgan fingerprint density at radius 2 is 2.04 bits per heavy atom. The van der Waals surface area contributed by atoms with Crippen molar-refractivity contribution in [2.45, 2.75) is 33.4 Å². The lowest BCUT2D eigenvalue weighted by Gasteiger charge is -2.16. The lowest BCUT2D eigenvalue weighted by Crippen LogP contribution is -2.30. The van der Waals surface area contributed by atoms with E-state index in [1.807, 2.05) is 19.1 Å². The van der Waals surface area contributed by atoms with Gasteiger partial charge in [-0.2, -0.15) is 0 Å². The number of ether oxygens (including phenoxy) is 2. The standard InChI is InChI=1S/C18H30N2O3.ClH/c1-4-22-18-7-14(5-6-17(18)23-12-13(2)3)8-19-9-15-10-20-11-16(15)21;/h5-7,13,15-16,19-21H,4,8-12H2,1-3H3;1H. The van der Waals surface area contributed by atoms with Gasteiger partial charge in [0.1, 0.15) is 0 Å². The van der Waals surface area contributed by atoms with Gasteiger partial charge >= 0.3 is 0 Å². The van der Waals surface area contributed by atoms with E-state index in [0.717, 1.165) is 36.7 Å². The largest absolute Gasteiger partial charge is 0.490 e. The third kappa shape index (κ3) is 6.48. The van der Waals surface area contributed by atoms with Gasteiger partial charge < -0.3 is 25.2 Å². The molecule has 6 heteroatoms. The molecule has 138 valence electrons. The van der Waals surface area contributed by atoms with Crippen molar-refractivity contribution in [1.82, 2.24) is 10.6 Å². The summed E-state index contributed by atoms with van der Waals surface area (Å²) < 4.78 is 11.5. The molecule has 24 heavy (non-hydrogen) atoms. The predicted octanol–water partition coefficient (Wildman–Crippen LogP) is 2.21. The molecule has 0 spiro atoms. The monoisotopic (exact) mass is 358 g/mol. The Labute approximate surface area is 151 Å². The molecule has 1 aliphatic rings. The second-order valence-corrected chi connectivity index (χ2v) is 6.54. The van der Waals surface area contributed by atoms with E-state index in [9.17, 15) is 5.11 Å². The zero-order valence-electron chi connectivity index (χ0n) is 14.9. The van der Waals surface area contributed by atoms with Crippen molar-refractivity contribution in [3.8, 4) is 11.5 Å². The van der Waals surface area contributed by atoms with Crippen molar-refractivity contribution in [3.63, 3.8) is 0 Å². The van der Waals surface area contributed by atoms with Crippen LogP contribution in [0.4, 0.5) is 0 Å². The molecule has 0 aliphatic carbocycles. The summed E-state index contributed by atoms with van der Waals surface area (Å²) >= 11 is 0. The molecule has 2 rings (SSSR count). The minimum Gasteiger partial charge on any atom is -0.490 e. The molecule has 3 N–H and O–H groups in total. The number of benzene rings is 1. The molecule has 2 atom stereocenters. The lowest BCUT2D eigenvalue weighted by molar-refractivity contribution is 0.146. The van der Waals surface area contributed by atoms with Crippen LogP contribution in [0.1, 0.15) is 26.3 Å². The van der Waals surface area contributed by atoms with Crippen LogP contribution in [0.15, 0.2) is 18.2 Å². The molecular formula is C18H31ClN2O3. The van der Waals surface area contributed by atoms with E-state index in [0.29, 0.717) is 25.7 Å². The van der Waals surface area contributed by atoms with Crippen LogP contribution in [0, 0.1) is 11.8 Å². The third-order valence-electron chi connectivity index (χ3n) is 3.92. The maximum Gasteiger partial charge on any atom is 0.161 e. The van der Waals surface area contributed by atoms with Crippen LogP contribution in [-0.4, -0.2) is 44.1 Å². The molecule has 1 aromatic carbocycles. The normalized spacial score (nSPS) is 20.0. The summed E-state index contributed by atoms with van der Waals surface area (Å²) in [5, 5.41) is 16.4. The second kappa shape index (κ2) is 10.8. The first-order valence-corrected chi connectivity index (χ1v) is 8.58. The highest BCUT2D eigenvalue weighted by molar-refractivity contribution is 5.85. The number of halogens is 1.